The van der Waals surface area contributed by atoms with Crippen LogP contribution in [0.15, 0.2) is 66.4 Å². The molecule has 2 aromatic rings. The average molecular weight is 267 g/mol. The quantitative estimate of drug-likeness (QED) is 0.659. The first-order valence-corrected chi connectivity index (χ1v) is 6.38. The predicted octanol–water partition coefficient (Wildman–Crippen LogP) is 3.89. The van der Waals surface area contributed by atoms with Crippen LogP contribution in [0.5, 0.6) is 5.75 Å². The van der Waals surface area contributed by atoms with Crippen LogP contribution >= 0.6 is 0 Å². The van der Waals surface area contributed by atoms with Crippen LogP contribution in [0.1, 0.15) is 17.3 Å². The Balaban J connectivity index is 2.06. The molecule has 3 heteroatoms. The van der Waals surface area contributed by atoms with E-state index in [9.17, 15) is 4.79 Å². The summed E-state index contributed by atoms with van der Waals surface area (Å²) in [6, 6.07) is 16.8. The lowest BCUT2D eigenvalue weighted by Gasteiger charge is -2.06. The Morgan fingerprint density at radius 2 is 1.70 bits per heavy atom. The van der Waals surface area contributed by atoms with Gasteiger partial charge in [0.2, 0.25) is 0 Å². The van der Waals surface area contributed by atoms with Crippen molar-refractivity contribution in [3.8, 4) is 5.75 Å². The molecule has 0 aliphatic rings. The van der Waals surface area contributed by atoms with Crippen LogP contribution < -0.4 is 10.1 Å². The van der Waals surface area contributed by atoms with Crippen molar-refractivity contribution < 1.29 is 9.53 Å². The maximum atomic E-state index is 12.1. The number of hydrogen-bond donors (Lipinski definition) is 1. The third-order valence-electron chi connectivity index (χ3n) is 2.84. The summed E-state index contributed by atoms with van der Waals surface area (Å²) in [7, 11) is 1.60. The lowest BCUT2D eigenvalue weighted by atomic mass is 10.1. The zero-order valence-electron chi connectivity index (χ0n) is 11.6. The molecule has 1 N–H and O–H groups in total. The molecule has 0 bridgehead atoms. The fraction of sp³-hybridized carbons (Fsp3) is 0.118. The Labute approximate surface area is 118 Å². The molecule has 20 heavy (non-hydrogen) atoms. The van der Waals surface area contributed by atoms with Gasteiger partial charge in [0.15, 0.2) is 5.78 Å². The second-order valence-corrected chi connectivity index (χ2v) is 4.41. The van der Waals surface area contributed by atoms with Gasteiger partial charge in [-0.2, -0.15) is 0 Å². The minimum Gasteiger partial charge on any atom is -0.497 e. The molecule has 0 radical (unpaired) electrons. The Morgan fingerprint density at radius 3 is 2.30 bits per heavy atom. The van der Waals surface area contributed by atoms with Gasteiger partial charge in [0.1, 0.15) is 5.75 Å². The molecule has 2 rings (SSSR count). The average Bonchev–Trinajstić information content (AvgIpc) is 2.48. The van der Waals surface area contributed by atoms with Crippen LogP contribution in [-0.2, 0) is 0 Å². The van der Waals surface area contributed by atoms with Gasteiger partial charge in [-0.1, -0.05) is 18.2 Å². The number of hydrogen-bond acceptors (Lipinski definition) is 3. The van der Waals surface area contributed by atoms with E-state index in [2.05, 4.69) is 5.32 Å². The van der Waals surface area contributed by atoms with Gasteiger partial charge in [-0.3, -0.25) is 4.79 Å². The largest absolute Gasteiger partial charge is 0.497 e. The van der Waals surface area contributed by atoms with Crippen LogP contribution in [0.4, 0.5) is 5.69 Å². The van der Waals surface area contributed by atoms with E-state index >= 15 is 0 Å². The zero-order chi connectivity index (χ0) is 14.4. The summed E-state index contributed by atoms with van der Waals surface area (Å²) in [5, 5.41) is 3.18. The number of rotatable bonds is 5. The molecule has 0 saturated heterocycles. The molecule has 102 valence electrons. The van der Waals surface area contributed by atoms with Crippen molar-refractivity contribution in [3.63, 3.8) is 0 Å². The fourth-order valence-corrected chi connectivity index (χ4v) is 1.82. The summed E-state index contributed by atoms with van der Waals surface area (Å²) in [4.78, 5) is 12.1. The zero-order valence-corrected chi connectivity index (χ0v) is 11.6. The summed E-state index contributed by atoms with van der Waals surface area (Å²) < 4.78 is 5.07. The first-order chi connectivity index (χ1) is 9.69. The van der Waals surface area contributed by atoms with Crippen molar-refractivity contribution in [1.82, 2.24) is 0 Å². The molecule has 0 aliphatic carbocycles. The molecule has 3 nitrogen and oxygen atoms in total. The van der Waals surface area contributed by atoms with E-state index in [4.69, 9.17) is 4.74 Å². The molecule has 0 spiro atoms. The van der Waals surface area contributed by atoms with Crippen molar-refractivity contribution in [2.75, 3.05) is 12.4 Å². The second-order valence-electron chi connectivity index (χ2n) is 4.41. The first kappa shape index (κ1) is 13.9. The van der Waals surface area contributed by atoms with E-state index in [0.717, 1.165) is 17.1 Å². The van der Waals surface area contributed by atoms with Gasteiger partial charge in [-0.05, 0) is 43.3 Å². The molecule has 0 heterocycles. The number of methoxy groups -OCH3 is 1. The minimum absolute atomic E-state index is 0.0337. The molecule has 0 saturated carbocycles. The van der Waals surface area contributed by atoms with Gasteiger partial charge in [-0.25, -0.2) is 0 Å². The summed E-state index contributed by atoms with van der Waals surface area (Å²) in [5.74, 6) is 0.707. The third-order valence-corrected chi connectivity index (χ3v) is 2.84. The summed E-state index contributed by atoms with van der Waals surface area (Å²) in [6.45, 7) is 1.87. The molecular formula is C17H17NO2. The highest BCUT2D eigenvalue weighted by Crippen LogP contribution is 2.13. The summed E-state index contributed by atoms with van der Waals surface area (Å²) >= 11 is 0. The fourth-order valence-electron chi connectivity index (χ4n) is 1.82. The summed E-state index contributed by atoms with van der Waals surface area (Å²) in [6.07, 6.45) is 1.59. The summed E-state index contributed by atoms with van der Waals surface area (Å²) in [5.41, 5.74) is 2.40. The number of nitrogens with one attached hydrogen (secondary N) is 1. The van der Waals surface area contributed by atoms with Crippen molar-refractivity contribution in [2.45, 2.75) is 6.92 Å². The van der Waals surface area contributed by atoms with Gasteiger partial charge in [0, 0.05) is 23.0 Å². The van der Waals surface area contributed by atoms with Gasteiger partial charge >= 0.3 is 0 Å². The van der Waals surface area contributed by atoms with E-state index in [-0.39, 0.29) is 5.78 Å². The minimum atomic E-state index is -0.0337. The number of carbonyl (C=O) groups is 1. The van der Waals surface area contributed by atoms with Crippen LogP contribution in [0.25, 0.3) is 0 Å². The standard InChI is InChI=1S/C17H17NO2/c1-13(18-15-6-4-3-5-7-15)12-17(19)14-8-10-16(20-2)11-9-14/h3-12,18H,1-2H3/b13-12+. The monoisotopic (exact) mass is 267 g/mol. The van der Waals surface area contributed by atoms with E-state index < -0.39 is 0 Å². The molecule has 0 aromatic heterocycles. The SMILES string of the molecule is COc1ccc(C(=O)/C=C(\C)Nc2ccccc2)cc1. The van der Waals surface area contributed by atoms with Gasteiger partial charge in [-0.15, -0.1) is 0 Å². The third kappa shape index (κ3) is 3.72. The van der Waals surface area contributed by atoms with Crippen molar-refractivity contribution >= 4 is 11.5 Å². The molecule has 0 fully saturated rings. The highest BCUT2D eigenvalue weighted by molar-refractivity contribution is 6.05. The molecular weight excluding hydrogens is 250 g/mol. The maximum absolute atomic E-state index is 12.1. The van der Waals surface area contributed by atoms with Gasteiger partial charge in [0.25, 0.3) is 0 Å². The molecule has 0 unspecified atom stereocenters. The predicted molar refractivity (Wildman–Crippen MR) is 81.1 cm³/mol. The number of para-hydroxylation sites is 1. The number of ketones is 1. The van der Waals surface area contributed by atoms with E-state index in [1.807, 2.05) is 37.3 Å². The lowest BCUT2D eigenvalue weighted by molar-refractivity contribution is 0.104. The second kappa shape index (κ2) is 6.57. The molecule has 0 aliphatic heterocycles. The van der Waals surface area contributed by atoms with Crippen LogP contribution in [0.2, 0.25) is 0 Å². The number of ether oxygens (including phenoxy) is 1. The first-order valence-electron chi connectivity index (χ1n) is 6.38. The number of carbonyl (C=O) groups excluding carboxylic acids is 1. The number of anilines is 1. The molecule has 0 atom stereocenters. The van der Waals surface area contributed by atoms with Crippen molar-refractivity contribution in [2.24, 2.45) is 0 Å². The van der Waals surface area contributed by atoms with Gasteiger partial charge in [0.05, 0.1) is 7.11 Å². The maximum Gasteiger partial charge on any atom is 0.187 e. The Morgan fingerprint density at radius 1 is 1.05 bits per heavy atom. The van der Waals surface area contributed by atoms with Crippen LogP contribution in [0.3, 0.4) is 0 Å². The van der Waals surface area contributed by atoms with Gasteiger partial charge < -0.3 is 10.1 Å². The van der Waals surface area contributed by atoms with Crippen LogP contribution in [0, 0.1) is 0 Å². The molecule has 2 aromatic carbocycles. The number of benzene rings is 2. The Hall–Kier alpha value is -2.55. The topological polar surface area (TPSA) is 38.3 Å². The van der Waals surface area contributed by atoms with E-state index in [1.165, 1.54) is 0 Å². The van der Waals surface area contributed by atoms with Crippen molar-refractivity contribution in [1.29, 1.82) is 0 Å². The highest BCUT2D eigenvalue weighted by atomic mass is 16.5. The Kier molecular flexibility index (Phi) is 4.56. The smallest absolute Gasteiger partial charge is 0.187 e. The number of allylic oxidation sites excluding steroid dienone is 2. The van der Waals surface area contributed by atoms with Crippen molar-refractivity contribution in [3.05, 3.63) is 71.9 Å². The lowest BCUT2D eigenvalue weighted by Crippen LogP contribution is -2.01. The normalized spacial score (nSPS) is 11.0. The van der Waals surface area contributed by atoms with E-state index in [0.29, 0.717) is 5.56 Å². The highest BCUT2D eigenvalue weighted by Gasteiger charge is 2.03. The molecule has 0 amide bonds. The van der Waals surface area contributed by atoms with Crippen LogP contribution in [-0.4, -0.2) is 12.9 Å². The Bertz CT molecular complexity index is 601. The van der Waals surface area contributed by atoms with E-state index in [1.54, 1.807) is 37.5 Å².